The second-order valence-electron chi connectivity index (χ2n) is 6.78. The first-order valence-corrected chi connectivity index (χ1v) is 9.03. The number of carbonyl (C=O) groups excluding carboxylic acids is 1. The predicted molar refractivity (Wildman–Crippen MR) is 87.5 cm³/mol. The molecular weight excluding hydrogens is 286 g/mol. The van der Waals surface area contributed by atoms with Crippen LogP contribution in [0.3, 0.4) is 0 Å². The molecule has 0 radical (unpaired) electrons. The minimum Gasteiger partial charge on any atom is -0.481 e. The molecule has 1 atom stereocenters. The molecule has 1 rings (SSSR count). The molecule has 1 amide bonds. The quantitative estimate of drug-likeness (QED) is 0.756. The fraction of sp³-hybridized carbons (Fsp3) is 0.875. The lowest BCUT2D eigenvalue weighted by Crippen LogP contribution is -2.45. The number of carbonyl (C=O) groups is 2. The number of carboxylic acid groups (broad SMARTS) is 1. The second kappa shape index (κ2) is 7.52. The fourth-order valence-corrected chi connectivity index (χ4v) is 3.75. The van der Waals surface area contributed by atoms with Gasteiger partial charge < -0.3 is 10.4 Å². The molecule has 0 aromatic heterocycles. The Morgan fingerprint density at radius 2 is 1.86 bits per heavy atom. The maximum atomic E-state index is 12.2. The summed E-state index contributed by atoms with van der Waals surface area (Å²) in [7, 11) is 0. The molecule has 21 heavy (non-hydrogen) atoms. The van der Waals surface area contributed by atoms with Crippen LogP contribution < -0.4 is 5.32 Å². The molecule has 1 unspecified atom stereocenters. The van der Waals surface area contributed by atoms with Gasteiger partial charge in [0.15, 0.2) is 0 Å². The summed E-state index contributed by atoms with van der Waals surface area (Å²) in [6.45, 7) is 6.02. The molecule has 1 saturated carbocycles. The van der Waals surface area contributed by atoms with E-state index >= 15 is 0 Å². The van der Waals surface area contributed by atoms with Crippen LogP contribution in [0, 0.1) is 11.3 Å². The predicted octanol–water partition coefficient (Wildman–Crippen LogP) is 3.31. The van der Waals surface area contributed by atoms with Gasteiger partial charge in [-0.25, -0.2) is 0 Å². The van der Waals surface area contributed by atoms with E-state index in [1.54, 1.807) is 6.92 Å². The first-order valence-electron chi connectivity index (χ1n) is 7.81. The lowest BCUT2D eigenvalue weighted by molar-refractivity contribution is -0.153. The van der Waals surface area contributed by atoms with E-state index in [1.165, 1.54) is 19.3 Å². The van der Waals surface area contributed by atoms with Gasteiger partial charge in [0.1, 0.15) is 0 Å². The molecule has 1 fully saturated rings. The van der Waals surface area contributed by atoms with E-state index in [0.29, 0.717) is 6.54 Å². The molecule has 122 valence electrons. The van der Waals surface area contributed by atoms with E-state index in [4.69, 9.17) is 0 Å². The van der Waals surface area contributed by atoms with Gasteiger partial charge in [-0.1, -0.05) is 33.1 Å². The molecular formula is C16H29NO3S. The van der Waals surface area contributed by atoms with Crippen LogP contribution in [0.2, 0.25) is 0 Å². The smallest absolute Gasteiger partial charge is 0.310 e. The summed E-state index contributed by atoms with van der Waals surface area (Å²) in [6, 6.07) is 0. The number of aliphatic carboxylic acids is 1. The molecule has 0 saturated heterocycles. The molecule has 0 heterocycles. The lowest BCUT2D eigenvalue weighted by Gasteiger charge is -2.36. The van der Waals surface area contributed by atoms with Crippen molar-refractivity contribution >= 4 is 23.6 Å². The zero-order chi connectivity index (χ0) is 16.1. The average Bonchev–Trinajstić information content (AvgIpc) is 2.45. The van der Waals surface area contributed by atoms with Crippen molar-refractivity contribution in [1.29, 1.82) is 0 Å². The van der Waals surface area contributed by atoms with Gasteiger partial charge in [-0.3, -0.25) is 9.59 Å². The van der Waals surface area contributed by atoms with Crippen molar-refractivity contribution in [1.82, 2.24) is 5.32 Å². The van der Waals surface area contributed by atoms with Crippen molar-refractivity contribution < 1.29 is 14.7 Å². The van der Waals surface area contributed by atoms with Crippen LogP contribution in [0.1, 0.15) is 59.3 Å². The van der Waals surface area contributed by atoms with Gasteiger partial charge in [-0.05, 0) is 31.9 Å². The molecule has 1 aliphatic carbocycles. The zero-order valence-corrected chi connectivity index (χ0v) is 14.5. The maximum absolute atomic E-state index is 12.2. The average molecular weight is 315 g/mol. The monoisotopic (exact) mass is 315 g/mol. The minimum absolute atomic E-state index is 0.0461. The largest absolute Gasteiger partial charge is 0.481 e. The molecule has 0 aromatic carbocycles. The Labute approximate surface area is 132 Å². The summed E-state index contributed by atoms with van der Waals surface area (Å²) >= 11 is 1.83. The molecule has 0 bridgehead atoms. The molecule has 1 aliphatic rings. The first kappa shape index (κ1) is 18.3. The van der Waals surface area contributed by atoms with Crippen molar-refractivity contribution in [2.24, 2.45) is 11.3 Å². The maximum Gasteiger partial charge on any atom is 0.310 e. The number of amides is 1. The number of carboxylic acids is 1. The number of thioether (sulfide) groups is 1. The first-order chi connectivity index (χ1) is 9.76. The van der Waals surface area contributed by atoms with Gasteiger partial charge in [0.25, 0.3) is 0 Å². The Morgan fingerprint density at radius 3 is 2.29 bits per heavy atom. The van der Waals surface area contributed by atoms with Gasteiger partial charge in [0.2, 0.25) is 5.91 Å². The minimum atomic E-state index is -0.997. The van der Waals surface area contributed by atoms with Crippen molar-refractivity contribution in [3.63, 3.8) is 0 Å². The highest BCUT2D eigenvalue weighted by Gasteiger charge is 2.39. The third-order valence-electron chi connectivity index (χ3n) is 5.10. The summed E-state index contributed by atoms with van der Waals surface area (Å²) in [5.41, 5.74) is -0.997. The van der Waals surface area contributed by atoms with Gasteiger partial charge in [0, 0.05) is 17.7 Å². The Morgan fingerprint density at radius 1 is 1.29 bits per heavy atom. The SMILES string of the molecule is CSC1(CNC(=O)CC(C)(C(=O)O)C(C)C)CCCCC1. The van der Waals surface area contributed by atoms with Crippen LogP contribution in [-0.4, -0.2) is 34.5 Å². The normalized spacial score (nSPS) is 20.8. The van der Waals surface area contributed by atoms with Crippen molar-refractivity contribution in [3.05, 3.63) is 0 Å². The number of hydrogen-bond donors (Lipinski definition) is 2. The molecule has 0 aromatic rings. The molecule has 5 heteroatoms. The topological polar surface area (TPSA) is 66.4 Å². The van der Waals surface area contributed by atoms with Crippen LogP contribution in [0.5, 0.6) is 0 Å². The second-order valence-corrected chi connectivity index (χ2v) is 8.05. The van der Waals surface area contributed by atoms with E-state index < -0.39 is 11.4 Å². The molecule has 0 aliphatic heterocycles. The van der Waals surface area contributed by atoms with Gasteiger partial charge in [-0.2, -0.15) is 11.8 Å². The van der Waals surface area contributed by atoms with Gasteiger partial charge >= 0.3 is 5.97 Å². The van der Waals surface area contributed by atoms with E-state index in [9.17, 15) is 14.7 Å². The highest BCUT2D eigenvalue weighted by atomic mass is 32.2. The van der Waals surface area contributed by atoms with Crippen molar-refractivity contribution in [3.8, 4) is 0 Å². The number of rotatable bonds is 7. The van der Waals surface area contributed by atoms with Crippen molar-refractivity contribution in [2.45, 2.75) is 64.0 Å². The number of nitrogens with one attached hydrogen (secondary N) is 1. The Bertz CT molecular complexity index is 378. The summed E-state index contributed by atoms with van der Waals surface area (Å²) in [6.07, 6.45) is 8.13. The van der Waals surface area contributed by atoms with Crippen molar-refractivity contribution in [2.75, 3.05) is 12.8 Å². The fourth-order valence-electron chi connectivity index (χ4n) is 2.83. The van der Waals surface area contributed by atoms with Gasteiger partial charge in [0.05, 0.1) is 5.41 Å². The van der Waals surface area contributed by atoms with Crippen LogP contribution in [-0.2, 0) is 9.59 Å². The van der Waals surface area contributed by atoms with Crippen LogP contribution in [0.25, 0.3) is 0 Å². The van der Waals surface area contributed by atoms with Crippen LogP contribution >= 0.6 is 11.8 Å². The van der Waals surface area contributed by atoms with E-state index in [-0.39, 0.29) is 23.0 Å². The standard InChI is InChI=1S/C16H29NO3S/c1-12(2)15(3,14(19)20)10-13(18)17-11-16(21-4)8-6-5-7-9-16/h12H,5-11H2,1-4H3,(H,17,18)(H,19,20). The summed E-state index contributed by atoms with van der Waals surface area (Å²) < 4.78 is 0.144. The van der Waals surface area contributed by atoms with E-state index in [2.05, 4.69) is 11.6 Å². The van der Waals surface area contributed by atoms with Gasteiger partial charge in [-0.15, -0.1) is 0 Å². The van der Waals surface area contributed by atoms with E-state index in [1.807, 2.05) is 25.6 Å². The highest BCUT2D eigenvalue weighted by Crippen LogP contribution is 2.38. The molecule has 2 N–H and O–H groups in total. The molecule has 0 spiro atoms. The van der Waals surface area contributed by atoms with Crippen LogP contribution in [0.4, 0.5) is 0 Å². The number of hydrogen-bond acceptors (Lipinski definition) is 3. The Kier molecular flexibility index (Phi) is 6.57. The summed E-state index contributed by atoms with van der Waals surface area (Å²) in [5.74, 6) is -1.12. The third kappa shape index (κ3) is 4.63. The highest BCUT2D eigenvalue weighted by molar-refractivity contribution is 8.00. The Hall–Kier alpha value is -0.710. The summed E-state index contributed by atoms with van der Waals surface area (Å²) in [5, 5.41) is 12.4. The molecule has 4 nitrogen and oxygen atoms in total. The van der Waals surface area contributed by atoms with E-state index in [0.717, 1.165) is 12.8 Å². The summed E-state index contributed by atoms with van der Waals surface area (Å²) in [4.78, 5) is 23.6. The van der Waals surface area contributed by atoms with Crippen LogP contribution in [0.15, 0.2) is 0 Å². The zero-order valence-electron chi connectivity index (χ0n) is 13.7. The lowest BCUT2D eigenvalue weighted by atomic mass is 9.76. The third-order valence-corrected chi connectivity index (χ3v) is 6.51. The Balaban J connectivity index is 2.58.